The summed E-state index contributed by atoms with van der Waals surface area (Å²) in [6, 6.07) is 4.61. The Morgan fingerprint density at radius 3 is 3.10 bits per heavy atom. The van der Waals surface area contributed by atoms with E-state index in [1.165, 1.54) is 6.07 Å². The molecule has 1 aliphatic heterocycles. The van der Waals surface area contributed by atoms with Crippen molar-refractivity contribution in [2.24, 2.45) is 0 Å². The molecule has 1 fully saturated rings. The highest BCUT2D eigenvalue weighted by Gasteiger charge is 2.26. The highest BCUT2D eigenvalue weighted by Crippen LogP contribution is 2.34. The van der Waals surface area contributed by atoms with Gasteiger partial charge >= 0.3 is 0 Å². The van der Waals surface area contributed by atoms with Gasteiger partial charge < -0.3 is 19.7 Å². The van der Waals surface area contributed by atoms with Gasteiger partial charge in [0.25, 0.3) is 0 Å². The van der Waals surface area contributed by atoms with Gasteiger partial charge in [-0.2, -0.15) is 0 Å². The van der Waals surface area contributed by atoms with Gasteiger partial charge in [-0.1, -0.05) is 0 Å². The predicted molar refractivity (Wildman–Crippen MR) is 77.2 cm³/mol. The topological polar surface area (TPSA) is 76.4 Å². The predicted octanol–water partition coefficient (Wildman–Crippen LogP) is 1.72. The van der Waals surface area contributed by atoms with Crippen LogP contribution in [0.25, 0.3) is 11.4 Å². The summed E-state index contributed by atoms with van der Waals surface area (Å²) < 4.78 is 7.17. The molecule has 3 rings (SSSR count). The number of amides is 1. The van der Waals surface area contributed by atoms with Crippen LogP contribution >= 0.6 is 0 Å². The van der Waals surface area contributed by atoms with Crippen LogP contribution in [0.5, 0.6) is 11.5 Å². The van der Waals surface area contributed by atoms with Crippen LogP contribution in [0, 0.1) is 0 Å². The highest BCUT2D eigenvalue weighted by molar-refractivity contribution is 5.82. The van der Waals surface area contributed by atoms with Crippen molar-refractivity contribution in [3.63, 3.8) is 0 Å². The molecule has 0 unspecified atom stereocenters. The summed E-state index contributed by atoms with van der Waals surface area (Å²) in [5.41, 5.74) is 0.749. The van der Waals surface area contributed by atoms with E-state index in [1.54, 1.807) is 31.6 Å². The van der Waals surface area contributed by atoms with Gasteiger partial charge in [-0.15, -0.1) is 0 Å². The summed E-state index contributed by atoms with van der Waals surface area (Å²) in [6.07, 6.45) is 5.21. The first-order valence-electron chi connectivity index (χ1n) is 6.88. The first-order valence-corrected chi connectivity index (χ1v) is 6.88. The van der Waals surface area contributed by atoms with Crippen LogP contribution < -0.4 is 10.1 Å². The molecule has 2 aromatic rings. The molecular weight excluding hydrogens is 270 g/mol. The lowest BCUT2D eigenvalue weighted by molar-refractivity contribution is -0.125. The van der Waals surface area contributed by atoms with Gasteiger partial charge in [0.05, 0.1) is 12.7 Å². The number of hydrogen-bond acceptors (Lipinski definition) is 4. The van der Waals surface area contributed by atoms with Crippen molar-refractivity contribution >= 4 is 5.91 Å². The van der Waals surface area contributed by atoms with E-state index in [2.05, 4.69) is 10.3 Å². The van der Waals surface area contributed by atoms with E-state index in [4.69, 9.17) is 4.74 Å². The number of benzene rings is 1. The molecule has 0 spiro atoms. The second-order valence-electron chi connectivity index (χ2n) is 4.99. The van der Waals surface area contributed by atoms with Gasteiger partial charge in [0.15, 0.2) is 0 Å². The Balaban J connectivity index is 2.05. The molecule has 0 aliphatic carbocycles. The van der Waals surface area contributed by atoms with Crippen LogP contribution in [0.4, 0.5) is 0 Å². The van der Waals surface area contributed by atoms with E-state index in [1.807, 2.05) is 4.57 Å². The van der Waals surface area contributed by atoms with Crippen LogP contribution in [0.3, 0.4) is 0 Å². The quantitative estimate of drug-likeness (QED) is 0.901. The monoisotopic (exact) mass is 287 g/mol. The maximum absolute atomic E-state index is 12.1. The number of carbonyl (C=O) groups excluding carboxylic acids is 1. The van der Waals surface area contributed by atoms with Gasteiger partial charge in [-0.3, -0.25) is 4.79 Å². The Labute approximate surface area is 122 Å². The maximum atomic E-state index is 12.1. The number of hydrogen-bond donors (Lipinski definition) is 2. The summed E-state index contributed by atoms with van der Waals surface area (Å²) in [4.78, 5) is 16.4. The molecule has 2 N–H and O–H groups in total. The lowest BCUT2D eigenvalue weighted by Gasteiger charge is -2.24. The minimum absolute atomic E-state index is 0.0123. The number of phenols is 1. The van der Waals surface area contributed by atoms with Gasteiger partial charge in [0.1, 0.15) is 23.4 Å². The molecule has 0 saturated carbocycles. The molecule has 0 radical (unpaired) electrons. The third-order valence-electron chi connectivity index (χ3n) is 3.69. The van der Waals surface area contributed by atoms with E-state index in [0.717, 1.165) is 24.9 Å². The number of ether oxygens (including phenoxy) is 1. The number of methoxy groups -OCH3 is 1. The Morgan fingerprint density at radius 2 is 2.33 bits per heavy atom. The van der Waals surface area contributed by atoms with Gasteiger partial charge in [-0.05, 0) is 25.0 Å². The number of phenolic OH excluding ortho intramolecular Hbond substituents is 1. The smallest absolute Gasteiger partial charge is 0.243 e. The Bertz CT molecular complexity index is 666. The number of rotatable bonds is 3. The summed E-state index contributed by atoms with van der Waals surface area (Å²) in [6.45, 7) is 0.724. The SMILES string of the molecule is COc1cc(O)ccc1-c1nccn1[C@H]1CCCNC1=O. The first-order chi connectivity index (χ1) is 10.2. The van der Waals surface area contributed by atoms with E-state index in [9.17, 15) is 9.90 Å². The molecule has 6 heteroatoms. The maximum Gasteiger partial charge on any atom is 0.243 e. The van der Waals surface area contributed by atoms with Crippen molar-refractivity contribution in [3.05, 3.63) is 30.6 Å². The Morgan fingerprint density at radius 1 is 1.48 bits per heavy atom. The lowest BCUT2D eigenvalue weighted by Crippen LogP contribution is -2.37. The van der Waals surface area contributed by atoms with Crippen molar-refractivity contribution in [3.8, 4) is 22.9 Å². The van der Waals surface area contributed by atoms with Gasteiger partial charge in [-0.25, -0.2) is 4.98 Å². The number of aromatic hydroxyl groups is 1. The largest absolute Gasteiger partial charge is 0.508 e. The third kappa shape index (κ3) is 2.44. The number of nitrogens with one attached hydrogen (secondary N) is 1. The van der Waals surface area contributed by atoms with Gasteiger partial charge in [0.2, 0.25) is 5.91 Å². The summed E-state index contributed by atoms with van der Waals surface area (Å²) in [5, 5.41) is 12.4. The lowest BCUT2D eigenvalue weighted by atomic mass is 10.1. The first kappa shape index (κ1) is 13.5. The zero-order valence-corrected chi connectivity index (χ0v) is 11.7. The second kappa shape index (κ2) is 5.47. The van der Waals surface area contributed by atoms with E-state index >= 15 is 0 Å². The fraction of sp³-hybridized carbons (Fsp3) is 0.333. The number of nitrogens with zero attached hydrogens (tertiary/aromatic N) is 2. The molecule has 1 aromatic carbocycles. The molecular formula is C15H17N3O3. The standard InChI is InChI=1S/C15H17N3O3/c1-21-13-9-10(19)4-5-11(13)14-16-7-8-18(14)12-3-2-6-17-15(12)20/h4-5,7-9,12,19H,2-3,6H2,1H3,(H,17,20)/t12-/m0/s1. The third-order valence-corrected chi connectivity index (χ3v) is 3.69. The molecule has 0 bridgehead atoms. The van der Waals surface area contributed by atoms with Crippen molar-refractivity contribution < 1.29 is 14.6 Å². The molecule has 1 atom stereocenters. The van der Waals surface area contributed by atoms with Crippen LogP contribution in [0.15, 0.2) is 30.6 Å². The van der Waals surface area contributed by atoms with E-state index in [0.29, 0.717) is 11.6 Å². The molecule has 1 amide bonds. The number of aromatic nitrogens is 2. The average Bonchev–Trinajstić information content (AvgIpc) is 2.96. The van der Waals surface area contributed by atoms with Crippen molar-refractivity contribution in [2.45, 2.75) is 18.9 Å². The van der Waals surface area contributed by atoms with Crippen LogP contribution in [-0.4, -0.2) is 34.2 Å². The Hall–Kier alpha value is -2.50. The minimum Gasteiger partial charge on any atom is -0.508 e. The number of piperidine rings is 1. The fourth-order valence-electron chi connectivity index (χ4n) is 2.66. The zero-order chi connectivity index (χ0) is 14.8. The zero-order valence-electron chi connectivity index (χ0n) is 11.7. The number of imidazole rings is 1. The summed E-state index contributed by atoms with van der Waals surface area (Å²) in [5.74, 6) is 1.33. The highest BCUT2D eigenvalue weighted by atomic mass is 16.5. The average molecular weight is 287 g/mol. The summed E-state index contributed by atoms with van der Waals surface area (Å²) >= 11 is 0. The van der Waals surface area contributed by atoms with E-state index < -0.39 is 0 Å². The number of carbonyl (C=O) groups is 1. The molecule has 1 aromatic heterocycles. The summed E-state index contributed by atoms with van der Waals surface area (Å²) in [7, 11) is 1.54. The van der Waals surface area contributed by atoms with E-state index in [-0.39, 0.29) is 17.7 Å². The van der Waals surface area contributed by atoms with Crippen LogP contribution in [0.2, 0.25) is 0 Å². The minimum atomic E-state index is -0.255. The van der Waals surface area contributed by atoms with Crippen molar-refractivity contribution in [2.75, 3.05) is 13.7 Å². The molecule has 2 heterocycles. The molecule has 1 saturated heterocycles. The van der Waals surface area contributed by atoms with Gasteiger partial charge in [0, 0.05) is 25.0 Å². The van der Waals surface area contributed by atoms with Crippen molar-refractivity contribution in [1.29, 1.82) is 0 Å². The van der Waals surface area contributed by atoms with Crippen LogP contribution in [0.1, 0.15) is 18.9 Å². The molecule has 21 heavy (non-hydrogen) atoms. The fourth-order valence-corrected chi connectivity index (χ4v) is 2.66. The Kier molecular flexibility index (Phi) is 3.51. The molecule has 6 nitrogen and oxygen atoms in total. The second-order valence-corrected chi connectivity index (χ2v) is 4.99. The van der Waals surface area contributed by atoms with Crippen molar-refractivity contribution in [1.82, 2.24) is 14.9 Å². The normalized spacial score (nSPS) is 18.3. The molecule has 110 valence electrons. The molecule has 1 aliphatic rings. The van der Waals surface area contributed by atoms with Crippen LogP contribution in [-0.2, 0) is 4.79 Å².